The van der Waals surface area contributed by atoms with Gasteiger partial charge >= 0.3 is 0 Å². The van der Waals surface area contributed by atoms with E-state index in [1.54, 1.807) is 6.20 Å². The van der Waals surface area contributed by atoms with E-state index in [9.17, 15) is 14.3 Å². The van der Waals surface area contributed by atoms with Crippen LogP contribution in [0.4, 0.5) is 4.39 Å². The van der Waals surface area contributed by atoms with Crippen molar-refractivity contribution in [2.24, 2.45) is 4.99 Å². The zero-order valence-electron chi connectivity index (χ0n) is 19.3. The number of likely N-dealkylation sites (tertiary alicyclic amines) is 2. The van der Waals surface area contributed by atoms with Gasteiger partial charge in [-0.15, -0.1) is 0 Å². The summed E-state index contributed by atoms with van der Waals surface area (Å²) in [5, 5.41) is 22.0. The predicted octanol–water partition coefficient (Wildman–Crippen LogP) is 3.02. The highest BCUT2D eigenvalue weighted by molar-refractivity contribution is 6.39. The number of piperidine rings is 1. The van der Waals surface area contributed by atoms with E-state index in [2.05, 4.69) is 15.2 Å². The fourth-order valence-corrected chi connectivity index (χ4v) is 5.39. The molecule has 3 fully saturated rings. The van der Waals surface area contributed by atoms with E-state index in [4.69, 9.17) is 21.7 Å². The van der Waals surface area contributed by atoms with Crippen LogP contribution >= 0.6 is 11.6 Å². The summed E-state index contributed by atoms with van der Waals surface area (Å²) < 4.78 is 20.3. The number of hydrogen-bond donors (Lipinski definition) is 3. The number of aliphatic imine (C=N–C) groups is 1. The number of nitrogens with zero attached hydrogens (tertiary/aromatic N) is 3. The van der Waals surface area contributed by atoms with E-state index < -0.39 is 5.82 Å². The summed E-state index contributed by atoms with van der Waals surface area (Å²) in [7, 11) is 0. The van der Waals surface area contributed by atoms with Crippen LogP contribution in [0, 0.1) is 11.2 Å². The maximum Gasteiger partial charge on any atom is 0.258 e. The molecule has 2 saturated heterocycles. The maximum atomic E-state index is 14.1. The van der Waals surface area contributed by atoms with Gasteiger partial charge < -0.3 is 25.5 Å². The summed E-state index contributed by atoms with van der Waals surface area (Å²) >= 11 is 5.89. The fraction of sp³-hybridized carbons (Fsp3) is 0.480. The molecule has 3 heterocycles. The lowest BCUT2D eigenvalue weighted by molar-refractivity contribution is 0.0281. The topological polar surface area (TPSA) is 101 Å². The second-order valence-corrected chi connectivity index (χ2v) is 9.89. The van der Waals surface area contributed by atoms with Crippen LogP contribution in [0.1, 0.15) is 42.5 Å². The summed E-state index contributed by atoms with van der Waals surface area (Å²) in [6, 6.07) is 4.18. The second kappa shape index (κ2) is 10.1. The highest BCUT2D eigenvalue weighted by Gasteiger charge is 2.35. The SMILES string of the molecule is N=C1CN(C(=O)c2ccc(F)cc2OC2CCN([C@H]3CCCC3O)CC2)C/C1=C1\N=CC(Cl)=CN1. The molecule has 0 aromatic heterocycles. The lowest BCUT2D eigenvalue weighted by atomic mass is 10.0. The van der Waals surface area contributed by atoms with E-state index in [1.807, 2.05) is 0 Å². The van der Waals surface area contributed by atoms with Crippen LogP contribution in [-0.2, 0) is 0 Å². The van der Waals surface area contributed by atoms with Crippen molar-refractivity contribution in [3.63, 3.8) is 0 Å². The lowest BCUT2D eigenvalue weighted by Gasteiger charge is -2.37. The summed E-state index contributed by atoms with van der Waals surface area (Å²) in [5.41, 5.74) is 1.18. The molecule has 0 bridgehead atoms. The van der Waals surface area contributed by atoms with Gasteiger partial charge in [-0.3, -0.25) is 9.69 Å². The molecule has 5 rings (SSSR count). The monoisotopic (exact) mass is 501 g/mol. The lowest BCUT2D eigenvalue weighted by Crippen LogP contribution is -2.47. The fourth-order valence-electron chi connectivity index (χ4n) is 5.29. The Labute approximate surface area is 208 Å². The number of carbonyl (C=O) groups is 1. The zero-order chi connectivity index (χ0) is 24.5. The van der Waals surface area contributed by atoms with E-state index in [-0.39, 0.29) is 54.3 Å². The van der Waals surface area contributed by atoms with Crippen molar-refractivity contribution < 1.29 is 19.0 Å². The first-order valence-corrected chi connectivity index (χ1v) is 12.4. The van der Waals surface area contributed by atoms with Gasteiger partial charge in [0, 0.05) is 43.2 Å². The molecule has 2 atom stereocenters. The quantitative estimate of drug-likeness (QED) is 0.588. The first kappa shape index (κ1) is 24.0. The third-order valence-electron chi connectivity index (χ3n) is 7.16. The number of allylic oxidation sites excluding steroid dienone is 1. The molecule has 1 amide bonds. The number of aliphatic hydroxyl groups excluding tert-OH is 1. The van der Waals surface area contributed by atoms with Gasteiger partial charge in [-0.05, 0) is 44.2 Å². The molecule has 3 N–H and O–H groups in total. The molecule has 1 aromatic carbocycles. The Hall–Kier alpha value is -2.75. The Morgan fingerprint density at radius 2 is 2.03 bits per heavy atom. The Bertz CT molecular complexity index is 1110. The number of amides is 1. The molecule has 3 aliphatic heterocycles. The van der Waals surface area contributed by atoms with Gasteiger partial charge in [0.25, 0.3) is 5.91 Å². The summed E-state index contributed by atoms with van der Waals surface area (Å²) in [6.07, 6.45) is 7.09. The Balaban J connectivity index is 1.27. The number of rotatable bonds is 4. The van der Waals surface area contributed by atoms with Gasteiger partial charge in [0.05, 0.1) is 35.5 Å². The van der Waals surface area contributed by atoms with Gasteiger partial charge in [0.1, 0.15) is 23.5 Å². The Morgan fingerprint density at radius 3 is 2.71 bits per heavy atom. The van der Waals surface area contributed by atoms with Crippen molar-refractivity contribution in [2.45, 2.75) is 50.4 Å². The minimum absolute atomic E-state index is 0.130. The summed E-state index contributed by atoms with van der Waals surface area (Å²) in [5.74, 6) is -0.0698. The molecule has 1 aromatic rings. The van der Waals surface area contributed by atoms with Gasteiger partial charge in [-0.2, -0.15) is 0 Å². The average Bonchev–Trinajstić information content (AvgIpc) is 3.45. The van der Waals surface area contributed by atoms with Crippen LogP contribution in [0.25, 0.3) is 0 Å². The Kier molecular flexibility index (Phi) is 6.91. The van der Waals surface area contributed by atoms with Gasteiger partial charge in [-0.1, -0.05) is 11.6 Å². The molecule has 4 aliphatic rings. The van der Waals surface area contributed by atoms with Gasteiger partial charge in [0.15, 0.2) is 0 Å². The number of hydrogen-bond acceptors (Lipinski definition) is 7. The van der Waals surface area contributed by atoms with E-state index in [0.29, 0.717) is 16.4 Å². The second-order valence-electron chi connectivity index (χ2n) is 9.46. The number of ether oxygens (including phenoxy) is 1. The van der Waals surface area contributed by atoms with Crippen LogP contribution in [-0.4, -0.2) is 77.2 Å². The molecular formula is C25H29ClFN5O3. The van der Waals surface area contributed by atoms with Crippen molar-refractivity contribution in [3.05, 3.63) is 52.2 Å². The van der Waals surface area contributed by atoms with Crippen LogP contribution in [0.15, 0.2) is 45.8 Å². The molecule has 8 nitrogen and oxygen atoms in total. The third-order valence-corrected chi connectivity index (χ3v) is 7.36. The molecule has 35 heavy (non-hydrogen) atoms. The van der Waals surface area contributed by atoms with Crippen LogP contribution in [0.3, 0.4) is 0 Å². The number of benzene rings is 1. The van der Waals surface area contributed by atoms with E-state index in [0.717, 1.165) is 45.2 Å². The molecule has 1 saturated carbocycles. The highest BCUT2D eigenvalue weighted by Crippen LogP contribution is 2.30. The molecule has 1 unspecified atom stereocenters. The highest BCUT2D eigenvalue weighted by atomic mass is 35.5. The largest absolute Gasteiger partial charge is 0.489 e. The predicted molar refractivity (Wildman–Crippen MR) is 131 cm³/mol. The van der Waals surface area contributed by atoms with Gasteiger partial charge in [0.2, 0.25) is 0 Å². The number of halogens is 2. The maximum absolute atomic E-state index is 14.1. The van der Waals surface area contributed by atoms with Crippen LogP contribution < -0.4 is 10.1 Å². The normalized spacial score (nSPS) is 27.8. The van der Waals surface area contributed by atoms with E-state index in [1.165, 1.54) is 29.3 Å². The first-order valence-electron chi connectivity index (χ1n) is 12.0. The average molecular weight is 502 g/mol. The van der Waals surface area contributed by atoms with Crippen molar-refractivity contribution in [2.75, 3.05) is 26.2 Å². The van der Waals surface area contributed by atoms with Crippen LogP contribution in [0.5, 0.6) is 5.75 Å². The molecule has 1 aliphatic carbocycles. The molecule has 0 radical (unpaired) electrons. The zero-order valence-corrected chi connectivity index (χ0v) is 20.1. The third kappa shape index (κ3) is 5.12. The smallest absolute Gasteiger partial charge is 0.258 e. The van der Waals surface area contributed by atoms with Crippen molar-refractivity contribution in [3.8, 4) is 5.75 Å². The number of carbonyl (C=O) groups excluding carboxylic acids is 1. The summed E-state index contributed by atoms with van der Waals surface area (Å²) in [4.78, 5) is 21.5. The molecule has 10 heteroatoms. The van der Waals surface area contributed by atoms with Crippen molar-refractivity contribution in [1.29, 1.82) is 5.41 Å². The number of nitrogens with one attached hydrogen (secondary N) is 2. The Morgan fingerprint density at radius 1 is 1.23 bits per heavy atom. The van der Waals surface area contributed by atoms with Crippen molar-refractivity contribution >= 4 is 29.4 Å². The minimum Gasteiger partial charge on any atom is -0.489 e. The van der Waals surface area contributed by atoms with Crippen LogP contribution in [0.2, 0.25) is 0 Å². The molecule has 0 spiro atoms. The van der Waals surface area contributed by atoms with Crippen molar-refractivity contribution in [1.82, 2.24) is 15.1 Å². The number of aliphatic hydroxyl groups is 1. The standard InChI is InChI=1S/C25H29ClFN5O3/c26-15-11-29-24(30-12-15)19-13-32(14-20(19)28)25(34)18-5-4-16(27)10-23(18)35-17-6-8-31(9-7-17)21-2-1-3-22(21)33/h4-5,10-12,17,21-22,28-29,33H,1-3,6-9,13-14H2/b24-19+,28-20?/t21-,22?/m0/s1. The van der Waals surface area contributed by atoms with E-state index >= 15 is 0 Å². The molecule has 186 valence electrons. The minimum atomic E-state index is -0.468. The first-order chi connectivity index (χ1) is 16.9. The molecular weight excluding hydrogens is 473 g/mol. The summed E-state index contributed by atoms with van der Waals surface area (Å²) in [6.45, 7) is 1.95. The van der Waals surface area contributed by atoms with Gasteiger partial charge in [-0.25, -0.2) is 9.38 Å².